The summed E-state index contributed by atoms with van der Waals surface area (Å²) in [6.45, 7) is 6.00. The summed E-state index contributed by atoms with van der Waals surface area (Å²) >= 11 is 0. The van der Waals surface area contributed by atoms with Crippen molar-refractivity contribution in [2.45, 2.75) is 25.4 Å². The molecule has 170 valence electrons. The van der Waals surface area contributed by atoms with E-state index >= 15 is 0 Å². The number of para-hydroxylation sites is 1. The summed E-state index contributed by atoms with van der Waals surface area (Å²) in [6.07, 6.45) is -2.35. The lowest BCUT2D eigenvalue weighted by Crippen LogP contribution is -2.48. The minimum absolute atomic E-state index is 0.0175. The summed E-state index contributed by atoms with van der Waals surface area (Å²) in [5.41, 5.74) is 1.69. The van der Waals surface area contributed by atoms with Crippen LogP contribution in [0.25, 0.3) is 10.9 Å². The fraction of sp³-hybridized carbons (Fsp3) is 0.400. The molecule has 0 saturated carbocycles. The molecule has 4 nitrogen and oxygen atoms in total. The van der Waals surface area contributed by atoms with Crippen molar-refractivity contribution < 1.29 is 18.0 Å². The van der Waals surface area contributed by atoms with Gasteiger partial charge in [0, 0.05) is 62.7 Å². The van der Waals surface area contributed by atoms with Gasteiger partial charge in [0.2, 0.25) is 5.91 Å². The van der Waals surface area contributed by atoms with Gasteiger partial charge in [-0.1, -0.05) is 43.3 Å². The molecule has 1 aliphatic heterocycles. The average molecular weight is 444 g/mol. The van der Waals surface area contributed by atoms with Crippen LogP contribution < -0.4 is 0 Å². The van der Waals surface area contributed by atoms with Crippen LogP contribution in [0.3, 0.4) is 0 Å². The summed E-state index contributed by atoms with van der Waals surface area (Å²) in [7, 11) is 1.92. The number of rotatable bonds is 5. The highest BCUT2D eigenvalue weighted by Crippen LogP contribution is 2.37. The maximum Gasteiger partial charge on any atom is 0.416 e. The highest BCUT2D eigenvalue weighted by Gasteiger charge is 2.32. The molecule has 0 N–H and O–H groups in total. The Morgan fingerprint density at radius 3 is 2.44 bits per heavy atom. The number of nitrogens with zero attached hydrogens (tertiary/aromatic N) is 3. The molecule has 2 heterocycles. The highest BCUT2D eigenvalue weighted by molar-refractivity contribution is 5.86. The Morgan fingerprint density at radius 2 is 1.75 bits per heavy atom. The van der Waals surface area contributed by atoms with Crippen LogP contribution in [0.15, 0.2) is 54.7 Å². The Kier molecular flexibility index (Phi) is 6.29. The largest absolute Gasteiger partial charge is 0.416 e. The van der Waals surface area contributed by atoms with E-state index in [1.54, 1.807) is 6.07 Å². The Labute approximate surface area is 186 Å². The van der Waals surface area contributed by atoms with Crippen LogP contribution >= 0.6 is 0 Å². The van der Waals surface area contributed by atoms with Crippen molar-refractivity contribution in [1.82, 2.24) is 14.4 Å². The van der Waals surface area contributed by atoms with E-state index in [9.17, 15) is 18.0 Å². The van der Waals surface area contributed by atoms with Crippen LogP contribution in [0.1, 0.15) is 36.0 Å². The zero-order chi connectivity index (χ0) is 22.9. The van der Waals surface area contributed by atoms with Crippen molar-refractivity contribution in [2.24, 2.45) is 7.05 Å². The summed E-state index contributed by atoms with van der Waals surface area (Å²) in [6, 6.07) is 13.2. The lowest BCUT2D eigenvalue weighted by Gasteiger charge is -2.35. The SMILES string of the molecule is CCN1CCN(C(=O)C[C@@H](c2cccc(C(F)(F)F)c2)c2cn(C)c3ccccc23)CC1. The predicted octanol–water partition coefficient (Wildman–Crippen LogP) is 4.88. The van der Waals surface area contributed by atoms with Crippen molar-refractivity contribution in [3.63, 3.8) is 0 Å². The summed E-state index contributed by atoms with van der Waals surface area (Å²) in [4.78, 5) is 17.4. The fourth-order valence-corrected chi connectivity index (χ4v) is 4.61. The number of benzene rings is 2. The predicted molar refractivity (Wildman–Crippen MR) is 120 cm³/mol. The van der Waals surface area contributed by atoms with Crippen LogP contribution in [-0.2, 0) is 18.0 Å². The standard InChI is InChI=1S/C25H28F3N3O/c1-3-30-11-13-31(14-12-30)24(32)16-21(18-7-6-8-19(15-18)25(26,27)28)22-17-29(2)23-10-5-4-9-20(22)23/h4-10,15,17,21H,3,11-14,16H2,1-2H3/t21-/m0/s1. The van der Waals surface area contributed by atoms with Crippen molar-refractivity contribution in [3.05, 3.63) is 71.4 Å². The Hall–Kier alpha value is -2.80. The number of amides is 1. The molecule has 2 aromatic carbocycles. The van der Waals surface area contributed by atoms with Gasteiger partial charge in [-0.2, -0.15) is 13.2 Å². The van der Waals surface area contributed by atoms with Gasteiger partial charge >= 0.3 is 6.18 Å². The number of hydrogen-bond donors (Lipinski definition) is 0. The van der Waals surface area contributed by atoms with Gasteiger partial charge in [0.25, 0.3) is 0 Å². The number of likely N-dealkylation sites (N-methyl/N-ethyl adjacent to an activating group) is 1. The van der Waals surface area contributed by atoms with E-state index in [2.05, 4.69) is 11.8 Å². The molecule has 1 fully saturated rings. The topological polar surface area (TPSA) is 28.5 Å². The molecule has 1 atom stereocenters. The molecule has 0 radical (unpaired) electrons. The monoisotopic (exact) mass is 443 g/mol. The van der Waals surface area contributed by atoms with Gasteiger partial charge in [0.1, 0.15) is 0 Å². The molecular formula is C25H28F3N3O. The molecule has 0 spiro atoms. The second-order valence-corrected chi connectivity index (χ2v) is 8.41. The number of carbonyl (C=O) groups excluding carboxylic acids is 1. The van der Waals surface area contributed by atoms with E-state index in [4.69, 9.17) is 0 Å². The molecule has 0 bridgehead atoms. The minimum atomic E-state index is -4.43. The third-order valence-electron chi connectivity index (χ3n) is 6.47. The fourth-order valence-electron chi connectivity index (χ4n) is 4.61. The molecule has 1 aromatic heterocycles. The number of carbonyl (C=O) groups is 1. The molecule has 7 heteroatoms. The van der Waals surface area contributed by atoms with Crippen molar-refractivity contribution in [2.75, 3.05) is 32.7 Å². The first-order valence-electron chi connectivity index (χ1n) is 11.0. The first kappa shape index (κ1) is 22.4. The third kappa shape index (κ3) is 4.53. The average Bonchev–Trinajstić information content (AvgIpc) is 3.13. The maximum atomic E-state index is 13.4. The normalized spacial score (nSPS) is 16.5. The Bertz CT molecular complexity index is 1100. The van der Waals surface area contributed by atoms with Crippen molar-refractivity contribution >= 4 is 16.8 Å². The molecule has 1 saturated heterocycles. The maximum absolute atomic E-state index is 13.4. The second-order valence-electron chi connectivity index (χ2n) is 8.41. The van der Waals surface area contributed by atoms with Crippen molar-refractivity contribution in [3.8, 4) is 0 Å². The number of aryl methyl sites for hydroxylation is 1. The van der Waals surface area contributed by atoms with E-state index < -0.39 is 17.7 Å². The molecule has 3 aromatic rings. The number of aromatic nitrogens is 1. The molecule has 4 rings (SSSR count). The summed E-state index contributed by atoms with van der Waals surface area (Å²) < 4.78 is 42.3. The van der Waals surface area contributed by atoms with E-state index in [0.717, 1.165) is 42.2 Å². The van der Waals surface area contributed by atoms with Gasteiger partial charge in [-0.25, -0.2) is 0 Å². The van der Waals surface area contributed by atoms with Crippen LogP contribution in [0.4, 0.5) is 13.2 Å². The molecule has 1 aliphatic rings. The zero-order valence-corrected chi connectivity index (χ0v) is 18.4. The third-order valence-corrected chi connectivity index (χ3v) is 6.47. The molecule has 0 unspecified atom stereocenters. The Balaban J connectivity index is 1.71. The molecular weight excluding hydrogens is 415 g/mol. The second kappa shape index (κ2) is 8.98. The first-order chi connectivity index (χ1) is 15.3. The van der Waals surface area contributed by atoms with Gasteiger partial charge in [0.05, 0.1) is 5.56 Å². The number of alkyl halides is 3. The van der Waals surface area contributed by atoms with E-state index in [0.29, 0.717) is 18.7 Å². The molecule has 32 heavy (non-hydrogen) atoms. The van der Waals surface area contributed by atoms with E-state index in [1.165, 1.54) is 12.1 Å². The summed E-state index contributed by atoms with van der Waals surface area (Å²) in [5, 5.41) is 0.959. The molecule has 1 amide bonds. The van der Waals surface area contributed by atoms with Gasteiger partial charge < -0.3 is 14.4 Å². The Morgan fingerprint density at radius 1 is 1.03 bits per heavy atom. The van der Waals surface area contributed by atoms with E-state index in [-0.39, 0.29) is 12.3 Å². The minimum Gasteiger partial charge on any atom is -0.350 e. The van der Waals surface area contributed by atoms with Gasteiger partial charge in [-0.15, -0.1) is 0 Å². The zero-order valence-electron chi connectivity index (χ0n) is 18.4. The lowest BCUT2D eigenvalue weighted by atomic mass is 9.87. The first-order valence-corrected chi connectivity index (χ1v) is 11.0. The van der Waals surface area contributed by atoms with Crippen molar-refractivity contribution in [1.29, 1.82) is 0 Å². The number of piperazine rings is 1. The quantitative estimate of drug-likeness (QED) is 0.562. The number of fused-ring (bicyclic) bond motifs is 1. The lowest BCUT2D eigenvalue weighted by molar-refractivity contribution is -0.137. The van der Waals surface area contributed by atoms with E-state index in [1.807, 2.05) is 47.0 Å². The highest BCUT2D eigenvalue weighted by atomic mass is 19.4. The van der Waals surface area contributed by atoms with Crippen LogP contribution in [0, 0.1) is 0 Å². The molecule has 0 aliphatic carbocycles. The van der Waals surface area contributed by atoms with Gasteiger partial charge in [0.15, 0.2) is 0 Å². The van der Waals surface area contributed by atoms with Gasteiger partial charge in [-0.3, -0.25) is 4.79 Å². The number of halogens is 3. The smallest absolute Gasteiger partial charge is 0.350 e. The summed E-state index contributed by atoms with van der Waals surface area (Å²) in [5.74, 6) is -0.476. The van der Waals surface area contributed by atoms with Crippen LogP contribution in [0.5, 0.6) is 0 Å². The number of hydrogen-bond acceptors (Lipinski definition) is 2. The van der Waals surface area contributed by atoms with Crippen LogP contribution in [-0.4, -0.2) is 53.0 Å². The van der Waals surface area contributed by atoms with Crippen LogP contribution in [0.2, 0.25) is 0 Å². The van der Waals surface area contributed by atoms with Gasteiger partial charge in [-0.05, 0) is 29.8 Å².